The van der Waals surface area contributed by atoms with E-state index in [0.29, 0.717) is 20.2 Å². The second-order valence-corrected chi connectivity index (χ2v) is 9.44. The van der Waals surface area contributed by atoms with E-state index in [0.717, 1.165) is 18.4 Å². The molecule has 0 spiro atoms. The SMILES string of the molecule is CCC(C)(PC1=C(/C=N/n2cccc2)C=CCC1C)c1cc(C)ccc1O. The smallest absolute Gasteiger partial charge is 0.119 e. The highest BCUT2D eigenvalue weighted by Gasteiger charge is 2.31. The second kappa shape index (κ2) is 8.27. The predicted octanol–water partition coefficient (Wildman–Crippen LogP) is 6.19. The Morgan fingerprint density at radius 3 is 2.78 bits per heavy atom. The Labute approximate surface area is 164 Å². The predicted molar refractivity (Wildman–Crippen MR) is 117 cm³/mol. The molecule has 0 radical (unpaired) electrons. The fraction of sp³-hybridized carbons (Fsp3) is 0.348. The standard InChI is InChI=1S/C23H29N2OP/c1-5-23(4,20-15-17(2)11-12-21(20)26)27-22-18(3)9-8-10-19(22)16-24-25-13-6-7-14-25/h6-8,10-16,18,26-27H,5,9H2,1-4H3/b24-16+. The van der Waals surface area contributed by atoms with Gasteiger partial charge in [0, 0.05) is 23.1 Å². The number of benzene rings is 1. The summed E-state index contributed by atoms with van der Waals surface area (Å²) in [5.41, 5.74) is 3.44. The number of aryl methyl sites for hydroxylation is 1. The number of aromatic hydroxyl groups is 1. The van der Waals surface area contributed by atoms with Gasteiger partial charge in [0.2, 0.25) is 0 Å². The first-order chi connectivity index (χ1) is 12.9. The van der Waals surface area contributed by atoms with Gasteiger partial charge in [0.25, 0.3) is 0 Å². The molecule has 1 aliphatic rings. The minimum absolute atomic E-state index is 0.0859. The zero-order valence-corrected chi connectivity index (χ0v) is 17.6. The van der Waals surface area contributed by atoms with E-state index in [1.54, 1.807) is 0 Å². The van der Waals surface area contributed by atoms with Gasteiger partial charge in [-0.3, -0.25) is 0 Å². The third kappa shape index (κ3) is 4.42. The van der Waals surface area contributed by atoms with E-state index in [-0.39, 0.29) is 5.16 Å². The van der Waals surface area contributed by atoms with E-state index in [9.17, 15) is 5.11 Å². The molecule has 2 aromatic rings. The van der Waals surface area contributed by atoms with Gasteiger partial charge in [-0.25, -0.2) is 4.68 Å². The largest absolute Gasteiger partial charge is 0.508 e. The molecule has 3 nitrogen and oxygen atoms in total. The average Bonchev–Trinajstić information content (AvgIpc) is 3.17. The van der Waals surface area contributed by atoms with Crippen LogP contribution in [0.25, 0.3) is 0 Å². The van der Waals surface area contributed by atoms with Gasteiger partial charge < -0.3 is 5.11 Å². The molecule has 0 amide bonds. The van der Waals surface area contributed by atoms with Crippen LogP contribution in [0.1, 0.15) is 44.7 Å². The maximum Gasteiger partial charge on any atom is 0.119 e. The van der Waals surface area contributed by atoms with Gasteiger partial charge in [0.15, 0.2) is 0 Å². The molecule has 3 rings (SSSR count). The molecule has 142 valence electrons. The molecule has 1 heterocycles. The topological polar surface area (TPSA) is 37.5 Å². The van der Waals surface area contributed by atoms with E-state index in [1.165, 1.54) is 16.5 Å². The minimum Gasteiger partial charge on any atom is -0.508 e. The van der Waals surface area contributed by atoms with Crippen molar-refractivity contribution in [2.24, 2.45) is 11.0 Å². The summed E-state index contributed by atoms with van der Waals surface area (Å²) in [6.07, 6.45) is 12.3. The maximum atomic E-state index is 10.5. The Hall–Kier alpha value is -2.12. The fourth-order valence-electron chi connectivity index (χ4n) is 3.47. The van der Waals surface area contributed by atoms with Crippen LogP contribution in [0.3, 0.4) is 0 Å². The summed E-state index contributed by atoms with van der Waals surface area (Å²) in [7, 11) is 0.599. The molecule has 4 heteroatoms. The third-order valence-electron chi connectivity index (χ3n) is 5.37. The molecule has 0 aliphatic heterocycles. The van der Waals surface area contributed by atoms with Gasteiger partial charge in [0.05, 0.1) is 6.21 Å². The first-order valence-electron chi connectivity index (χ1n) is 9.59. The Morgan fingerprint density at radius 2 is 2.07 bits per heavy atom. The zero-order valence-electron chi connectivity index (χ0n) is 16.6. The van der Waals surface area contributed by atoms with Gasteiger partial charge >= 0.3 is 0 Å². The second-order valence-electron chi connectivity index (χ2n) is 7.55. The van der Waals surface area contributed by atoms with Gasteiger partial charge in [-0.15, -0.1) is 0 Å². The van der Waals surface area contributed by atoms with Crippen molar-refractivity contribution in [1.29, 1.82) is 0 Å². The van der Waals surface area contributed by atoms with Gasteiger partial charge in [0.1, 0.15) is 5.75 Å². The van der Waals surface area contributed by atoms with Crippen molar-refractivity contribution in [3.05, 3.63) is 76.9 Å². The summed E-state index contributed by atoms with van der Waals surface area (Å²) in [5, 5.41) is 16.5. The number of allylic oxidation sites excluding steroid dienone is 4. The van der Waals surface area contributed by atoms with Gasteiger partial charge in [-0.1, -0.05) is 59.2 Å². The molecular formula is C23H29N2OP. The summed E-state index contributed by atoms with van der Waals surface area (Å²) < 4.78 is 1.83. The molecule has 3 unspecified atom stereocenters. The van der Waals surface area contributed by atoms with E-state index in [2.05, 4.69) is 51.0 Å². The zero-order chi connectivity index (χ0) is 19.4. The van der Waals surface area contributed by atoms with E-state index < -0.39 is 0 Å². The molecule has 0 fully saturated rings. The number of nitrogens with zero attached hydrogens (tertiary/aromatic N) is 2. The summed E-state index contributed by atoms with van der Waals surface area (Å²) in [5.74, 6) is 0.886. The molecular weight excluding hydrogens is 351 g/mol. The lowest BCUT2D eigenvalue weighted by atomic mass is 9.94. The van der Waals surface area contributed by atoms with Crippen molar-refractivity contribution in [1.82, 2.24) is 4.68 Å². The lowest BCUT2D eigenvalue weighted by molar-refractivity contribution is 0.456. The molecule has 1 aliphatic carbocycles. The molecule has 0 bridgehead atoms. The lowest BCUT2D eigenvalue weighted by Gasteiger charge is -2.34. The summed E-state index contributed by atoms with van der Waals surface area (Å²) >= 11 is 0. The number of rotatable bonds is 6. The lowest BCUT2D eigenvalue weighted by Crippen LogP contribution is -2.18. The van der Waals surface area contributed by atoms with Crippen molar-refractivity contribution < 1.29 is 5.11 Å². The van der Waals surface area contributed by atoms with Crippen LogP contribution >= 0.6 is 8.58 Å². The van der Waals surface area contributed by atoms with E-state index >= 15 is 0 Å². The monoisotopic (exact) mass is 380 g/mol. The summed E-state index contributed by atoms with van der Waals surface area (Å²) in [6.45, 7) is 8.87. The molecule has 0 saturated heterocycles. The molecule has 1 N–H and O–H groups in total. The molecule has 0 saturated carbocycles. The Balaban J connectivity index is 1.99. The van der Waals surface area contributed by atoms with Crippen LogP contribution in [0.5, 0.6) is 5.75 Å². The number of phenolic OH excluding ortho intramolecular Hbond substituents is 1. The Morgan fingerprint density at radius 1 is 1.33 bits per heavy atom. The van der Waals surface area contributed by atoms with Crippen molar-refractivity contribution >= 4 is 14.8 Å². The van der Waals surface area contributed by atoms with Crippen LogP contribution in [0.15, 0.2) is 70.9 Å². The van der Waals surface area contributed by atoms with Crippen LogP contribution in [0, 0.1) is 12.8 Å². The molecule has 1 aromatic heterocycles. The Kier molecular flexibility index (Phi) is 6.01. The number of hydrogen-bond donors (Lipinski definition) is 1. The van der Waals surface area contributed by atoms with Crippen molar-refractivity contribution in [2.45, 2.75) is 45.7 Å². The normalized spacial score (nSPS) is 20.1. The van der Waals surface area contributed by atoms with Crippen LogP contribution in [-0.2, 0) is 5.16 Å². The third-order valence-corrected chi connectivity index (χ3v) is 7.60. The number of aromatic nitrogens is 1. The molecule has 3 atom stereocenters. The van der Waals surface area contributed by atoms with E-state index in [4.69, 9.17) is 0 Å². The summed E-state index contributed by atoms with van der Waals surface area (Å²) in [6, 6.07) is 9.89. The number of hydrogen-bond acceptors (Lipinski definition) is 2. The quantitative estimate of drug-likeness (QED) is 0.471. The van der Waals surface area contributed by atoms with Crippen LogP contribution < -0.4 is 0 Å². The van der Waals surface area contributed by atoms with E-state index in [1.807, 2.05) is 47.5 Å². The number of phenols is 1. The minimum atomic E-state index is -0.0859. The van der Waals surface area contributed by atoms with Gasteiger partial charge in [-0.2, -0.15) is 5.10 Å². The van der Waals surface area contributed by atoms with Crippen LogP contribution in [-0.4, -0.2) is 16.0 Å². The highest BCUT2D eigenvalue weighted by atomic mass is 31.1. The van der Waals surface area contributed by atoms with Gasteiger partial charge in [-0.05, 0) is 54.8 Å². The fourth-order valence-corrected chi connectivity index (χ4v) is 5.23. The average molecular weight is 380 g/mol. The molecule has 1 aromatic carbocycles. The van der Waals surface area contributed by atoms with Crippen molar-refractivity contribution in [2.75, 3.05) is 0 Å². The Bertz CT molecular complexity index is 880. The molecule has 27 heavy (non-hydrogen) atoms. The first kappa shape index (κ1) is 19.6. The summed E-state index contributed by atoms with van der Waals surface area (Å²) in [4.78, 5) is 0. The van der Waals surface area contributed by atoms with Crippen molar-refractivity contribution in [3.63, 3.8) is 0 Å². The first-order valence-corrected chi connectivity index (χ1v) is 10.6. The maximum absolute atomic E-state index is 10.5. The van der Waals surface area contributed by atoms with Crippen LogP contribution in [0.2, 0.25) is 0 Å². The van der Waals surface area contributed by atoms with Crippen molar-refractivity contribution in [3.8, 4) is 5.75 Å². The highest BCUT2D eigenvalue weighted by molar-refractivity contribution is 7.44. The van der Waals surface area contributed by atoms with Crippen LogP contribution in [0.4, 0.5) is 0 Å². The highest BCUT2D eigenvalue weighted by Crippen LogP contribution is 2.55.